The zero-order valence-corrected chi connectivity index (χ0v) is 7.31. The van der Waals surface area contributed by atoms with Crippen LogP contribution >= 0.6 is 0 Å². The monoisotopic (exact) mass is 188 g/mol. The van der Waals surface area contributed by atoms with Gasteiger partial charge >= 0.3 is 5.97 Å². The van der Waals surface area contributed by atoms with Crippen molar-refractivity contribution in [3.63, 3.8) is 0 Å². The predicted octanol–water partition coefficient (Wildman–Crippen LogP) is 2.53. The van der Waals surface area contributed by atoms with E-state index in [-0.39, 0.29) is 0 Å². The highest BCUT2D eigenvalue weighted by molar-refractivity contribution is 5.86. The first-order valence-corrected chi connectivity index (χ1v) is 4.15. The highest BCUT2D eigenvalue weighted by Gasteiger charge is 1.99. The van der Waals surface area contributed by atoms with Gasteiger partial charge in [-0.25, -0.2) is 4.79 Å². The molecule has 0 unspecified atom stereocenters. The Hall–Kier alpha value is -2.03. The summed E-state index contributed by atoms with van der Waals surface area (Å²) in [7, 11) is 0. The third-order valence-electron chi connectivity index (χ3n) is 1.83. The van der Waals surface area contributed by atoms with E-state index in [1.807, 2.05) is 24.3 Å². The second kappa shape index (κ2) is 3.38. The highest BCUT2D eigenvalue weighted by atomic mass is 16.4. The fourth-order valence-corrected chi connectivity index (χ4v) is 1.24. The van der Waals surface area contributed by atoms with Crippen LogP contribution in [0.5, 0.6) is 0 Å². The molecule has 0 aliphatic heterocycles. The van der Waals surface area contributed by atoms with Crippen LogP contribution in [0, 0.1) is 0 Å². The molecule has 2 aromatic rings. The molecule has 0 aliphatic carbocycles. The smallest absolute Gasteiger partial charge is 0.328 e. The number of carboxylic acid groups (broad SMARTS) is 1. The van der Waals surface area contributed by atoms with Crippen molar-refractivity contribution in [2.45, 2.75) is 0 Å². The first kappa shape index (κ1) is 8.56. The Kier molecular flexibility index (Phi) is 2.07. The quantitative estimate of drug-likeness (QED) is 0.736. The molecule has 1 N–H and O–H groups in total. The van der Waals surface area contributed by atoms with Crippen molar-refractivity contribution in [3.8, 4) is 0 Å². The second-order valence-electron chi connectivity index (χ2n) is 2.86. The number of carbonyl (C=O) groups is 1. The van der Waals surface area contributed by atoms with Crippen LogP contribution in [0.25, 0.3) is 17.0 Å². The molecule has 1 heterocycles. The summed E-state index contributed by atoms with van der Waals surface area (Å²) < 4.78 is 5.37. The highest BCUT2D eigenvalue weighted by Crippen LogP contribution is 2.19. The normalized spacial score (nSPS) is 11.1. The van der Waals surface area contributed by atoms with Gasteiger partial charge in [0.2, 0.25) is 0 Å². The topological polar surface area (TPSA) is 50.4 Å². The third kappa shape index (κ3) is 1.66. The average Bonchev–Trinajstić information content (AvgIpc) is 2.57. The van der Waals surface area contributed by atoms with E-state index in [0.29, 0.717) is 5.76 Å². The Bertz CT molecular complexity index is 461. The molecule has 0 amide bonds. The van der Waals surface area contributed by atoms with Crippen molar-refractivity contribution in [1.29, 1.82) is 0 Å². The number of hydrogen-bond acceptors (Lipinski definition) is 2. The van der Waals surface area contributed by atoms with E-state index in [1.165, 1.54) is 6.08 Å². The maximum atomic E-state index is 10.3. The number of rotatable bonds is 2. The third-order valence-corrected chi connectivity index (χ3v) is 1.83. The van der Waals surface area contributed by atoms with Gasteiger partial charge in [0.05, 0.1) is 0 Å². The number of para-hydroxylation sites is 1. The van der Waals surface area contributed by atoms with Gasteiger partial charge in [0.1, 0.15) is 11.3 Å². The standard InChI is InChI=1S/C11H8O3/c12-11(13)6-5-9-7-8-3-1-2-4-10(8)14-9/h1-7H,(H,12,13)/b6-5-. The van der Waals surface area contributed by atoms with E-state index in [0.717, 1.165) is 17.0 Å². The van der Waals surface area contributed by atoms with Crippen molar-refractivity contribution >= 4 is 23.0 Å². The summed E-state index contributed by atoms with van der Waals surface area (Å²) in [6, 6.07) is 9.33. The second-order valence-corrected chi connectivity index (χ2v) is 2.86. The number of aliphatic carboxylic acids is 1. The first-order chi connectivity index (χ1) is 6.75. The zero-order valence-electron chi connectivity index (χ0n) is 7.31. The maximum absolute atomic E-state index is 10.3. The van der Waals surface area contributed by atoms with E-state index in [9.17, 15) is 4.79 Å². The minimum absolute atomic E-state index is 0.550. The van der Waals surface area contributed by atoms with E-state index in [4.69, 9.17) is 9.52 Å². The van der Waals surface area contributed by atoms with Crippen LogP contribution in [0.2, 0.25) is 0 Å². The summed E-state index contributed by atoms with van der Waals surface area (Å²) in [5.41, 5.74) is 0.762. The van der Waals surface area contributed by atoms with Gasteiger partial charge in [0, 0.05) is 11.5 Å². The van der Waals surface area contributed by atoms with E-state index in [1.54, 1.807) is 6.07 Å². The van der Waals surface area contributed by atoms with E-state index >= 15 is 0 Å². The lowest BCUT2D eigenvalue weighted by Crippen LogP contribution is -1.84. The Morgan fingerprint density at radius 2 is 2.14 bits per heavy atom. The van der Waals surface area contributed by atoms with Gasteiger partial charge in [-0.15, -0.1) is 0 Å². The van der Waals surface area contributed by atoms with Gasteiger partial charge in [0.15, 0.2) is 0 Å². The lowest BCUT2D eigenvalue weighted by Gasteiger charge is -1.83. The van der Waals surface area contributed by atoms with Crippen LogP contribution in [0.4, 0.5) is 0 Å². The summed E-state index contributed by atoms with van der Waals surface area (Å²) in [5, 5.41) is 9.39. The van der Waals surface area contributed by atoms with Crippen molar-refractivity contribution in [2.75, 3.05) is 0 Å². The molecular formula is C11H8O3. The van der Waals surface area contributed by atoms with Crippen molar-refractivity contribution in [1.82, 2.24) is 0 Å². The molecule has 0 atom stereocenters. The summed E-state index contributed by atoms with van der Waals surface area (Å²) >= 11 is 0. The minimum Gasteiger partial charge on any atom is -0.478 e. The van der Waals surface area contributed by atoms with Gasteiger partial charge in [0.25, 0.3) is 0 Å². The molecule has 1 aromatic heterocycles. The molecule has 0 saturated carbocycles. The van der Waals surface area contributed by atoms with Crippen LogP contribution in [0.3, 0.4) is 0 Å². The SMILES string of the molecule is O=C(O)/C=C\c1cc2ccccc2o1. The van der Waals surface area contributed by atoms with Crippen LogP contribution in [0.15, 0.2) is 40.8 Å². The van der Waals surface area contributed by atoms with Crippen LogP contribution < -0.4 is 0 Å². The lowest BCUT2D eigenvalue weighted by atomic mass is 10.2. The summed E-state index contributed by atoms with van der Waals surface area (Å²) in [5.74, 6) is -0.431. The fraction of sp³-hybridized carbons (Fsp3) is 0. The van der Waals surface area contributed by atoms with E-state index in [2.05, 4.69) is 0 Å². The Balaban J connectivity index is 2.40. The molecule has 0 spiro atoms. The zero-order chi connectivity index (χ0) is 9.97. The number of fused-ring (bicyclic) bond motifs is 1. The van der Waals surface area contributed by atoms with Gasteiger partial charge in [-0.2, -0.15) is 0 Å². The van der Waals surface area contributed by atoms with Gasteiger partial charge < -0.3 is 9.52 Å². The first-order valence-electron chi connectivity index (χ1n) is 4.15. The molecule has 3 heteroatoms. The molecule has 1 aromatic carbocycles. The van der Waals surface area contributed by atoms with Crippen molar-refractivity contribution < 1.29 is 14.3 Å². The molecule has 0 saturated heterocycles. The molecular weight excluding hydrogens is 180 g/mol. The maximum Gasteiger partial charge on any atom is 0.328 e. The van der Waals surface area contributed by atoms with Crippen LogP contribution in [-0.2, 0) is 4.79 Å². The van der Waals surface area contributed by atoms with Crippen LogP contribution in [0.1, 0.15) is 5.76 Å². The average molecular weight is 188 g/mol. The Morgan fingerprint density at radius 1 is 1.36 bits per heavy atom. The lowest BCUT2D eigenvalue weighted by molar-refractivity contribution is -0.131. The summed E-state index contributed by atoms with van der Waals surface area (Å²) in [4.78, 5) is 10.3. The molecule has 14 heavy (non-hydrogen) atoms. The van der Waals surface area contributed by atoms with Crippen molar-refractivity contribution in [2.24, 2.45) is 0 Å². The molecule has 2 rings (SSSR count). The predicted molar refractivity (Wildman–Crippen MR) is 52.9 cm³/mol. The molecule has 3 nitrogen and oxygen atoms in total. The molecule has 70 valence electrons. The molecule has 0 fully saturated rings. The largest absolute Gasteiger partial charge is 0.478 e. The number of benzene rings is 1. The van der Waals surface area contributed by atoms with Crippen LogP contribution in [-0.4, -0.2) is 11.1 Å². The molecule has 0 aliphatic rings. The van der Waals surface area contributed by atoms with E-state index < -0.39 is 5.97 Å². The Labute approximate surface area is 80.3 Å². The number of carboxylic acids is 1. The van der Waals surface area contributed by atoms with Gasteiger partial charge in [-0.1, -0.05) is 18.2 Å². The minimum atomic E-state index is -0.981. The van der Waals surface area contributed by atoms with Crippen molar-refractivity contribution in [3.05, 3.63) is 42.2 Å². The number of furan rings is 1. The summed E-state index contributed by atoms with van der Waals surface area (Å²) in [6.07, 6.45) is 2.49. The van der Waals surface area contributed by atoms with Gasteiger partial charge in [-0.3, -0.25) is 0 Å². The number of hydrogen-bond donors (Lipinski definition) is 1. The molecule has 0 bridgehead atoms. The summed E-state index contributed by atoms with van der Waals surface area (Å²) in [6.45, 7) is 0. The van der Waals surface area contributed by atoms with Gasteiger partial charge in [-0.05, 0) is 18.2 Å². The fourth-order valence-electron chi connectivity index (χ4n) is 1.24. The Morgan fingerprint density at radius 3 is 2.86 bits per heavy atom. The molecule has 0 radical (unpaired) electrons.